The van der Waals surface area contributed by atoms with Gasteiger partial charge in [-0.1, -0.05) is 24.3 Å². The molecule has 1 atom stereocenters. The average molecular weight is 334 g/mol. The molecule has 1 saturated heterocycles. The Labute approximate surface area is 147 Å². The first-order valence-electron chi connectivity index (χ1n) is 8.80. The second kappa shape index (κ2) is 6.67. The van der Waals surface area contributed by atoms with E-state index in [0.717, 1.165) is 37.9 Å². The van der Waals surface area contributed by atoms with Crippen LogP contribution in [0.5, 0.6) is 0 Å². The van der Waals surface area contributed by atoms with Gasteiger partial charge in [-0.2, -0.15) is 0 Å². The van der Waals surface area contributed by atoms with Gasteiger partial charge >= 0.3 is 0 Å². The number of rotatable bonds is 3. The van der Waals surface area contributed by atoms with Crippen LogP contribution in [-0.2, 0) is 13.5 Å². The maximum Gasteiger partial charge on any atom is 0.274 e. The largest absolute Gasteiger partial charge is 0.340 e. The summed E-state index contributed by atoms with van der Waals surface area (Å²) >= 11 is 0. The number of nitrogens with zero attached hydrogens (tertiary/aromatic N) is 4. The van der Waals surface area contributed by atoms with Crippen LogP contribution in [0.15, 0.2) is 49.1 Å². The molecular weight excluding hydrogens is 312 g/mol. The van der Waals surface area contributed by atoms with Crippen LogP contribution in [-0.4, -0.2) is 38.4 Å². The Bertz CT molecular complexity index is 896. The lowest BCUT2D eigenvalue weighted by atomic mass is 9.90. The Morgan fingerprint density at radius 2 is 2.12 bits per heavy atom. The fourth-order valence-electron chi connectivity index (χ4n) is 3.74. The van der Waals surface area contributed by atoms with E-state index in [2.05, 4.69) is 34.2 Å². The van der Waals surface area contributed by atoms with Crippen molar-refractivity contribution in [2.45, 2.75) is 19.3 Å². The molecule has 1 fully saturated rings. The smallest absolute Gasteiger partial charge is 0.274 e. The van der Waals surface area contributed by atoms with Crippen LogP contribution in [0.3, 0.4) is 0 Å². The monoisotopic (exact) mass is 334 g/mol. The van der Waals surface area contributed by atoms with E-state index in [0.29, 0.717) is 11.6 Å². The zero-order valence-electron chi connectivity index (χ0n) is 14.4. The van der Waals surface area contributed by atoms with Crippen LogP contribution >= 0.6 is 0 Å². The van der Waals surface area contributed by atoms with Crippen LogP contribution in [0, 0.1) is 5.92 Å². The topological polar surface area (TPSA) is 51.0 Å². The summed E-state index contributed by atoms with van der Waals surface area (Å²) in [5.41, 5.74) is 2.89. The number of aryl methyl sites for hydroxylation is 1. The zero-order valence-corrected chi connectivity index (χ0v) is 14.4. The number of amides is 1. The third-order valence-corrected chi connectivity index (χ3v) is 4.96. The fourth-order valence-corrected chi connectivity index (χ4v) is 3.74. The van der Waals surface area contributed by atoms with Gasteiger partial charge in [0.15, 0.2) is 0 Å². The summed E-state index contributed by atoms with van der Waals surface area (Å²) in [6.45, 7) is 1.61. The van der Waals surface area contributed by atoms with E-state index in [9.17, 15) is 4.79 Å². The normalized spacial score (nSPS) is 17.8. The molecule has 3 heterocycles. The van der Waals surface area contributed by atoms with E-state index in [1.807, 2.05) is 28.8 Å². The Balaban J connectivity index is 1.50. The third-order valence-electron chi connectivity index (χ3n) is 4.96. The number of imidazole rings is 1. The molecule has 1 unspecified atom stereocenters. The molecular formula is C20H22N4O. The van der Waals surface area contributed by atoms with E-state index in [4.69, 9.17) is 0 Å². The molecule has 3 aromatic rings. The van der Waals surface area contributed by atoms with Gasteiger partial charge in [0, 0.05) is 37.9 Å². The van der Waals surface area contributed by atoms with Gasteiger partial charge in [-0.3, -0.25) is 9.78 Å². The van der Waals surface area contributed by atoms with Crippen molar-refractivity contribution in [1.29, 1.82) is 0 Å². The maximum atomic E-state index is 12.7. The molecule has 5 heteroatoms. The van der Waals surface area contributed by atoms with E-state index in [1.54, 1.807) is 12.5 Å². The van der Waals surface area contributed by atoms with Gasteiger partial charge in [0.05, 0.1) is 11.8 Å². The van der Waals surface area contributed by atoms with Crippen molar-refractivity contribution < 1.29 is 4.79 Å². The van der Waals surface area contributed by atoms with Crippen LogP contribution < -0.4 is 0 Å². The number of benzene rings is 1. The zero-order chi connectivity index (χ0) is 17.2. The Hall–Kier alpha value is -2.69. The minimum absolute atomic E-state index is 0.0429. The first-order chi connectivity index (χ1) is 12.2. The van der Waals surface area contributed by atoms with Crippen molar-refractivity contribution in [2.75, 3.05) is 13.1 Å². The SMILES string of the molecule is Cn1cnc(C(=O)N2CCCC(Cc3cccc4cccnc34)C2)c1. The van der Waals surface area contributed by atoms with Gasteiger partial charge < -0.3 is 9.47 Å². The molecule has 128 valence electrons. The van der Waals surface area contributed by atoms with Crippen LogP contribution in [0.1, 0.15) is 28.9 Å². The predicted molar refractivity (Wildman–Crippen MR) is 97.3 cm³/mol. The third kappa shape index (κ3) is 3.27. The molecule has 5 nitrogen and oxygen atoms in total. The Kier molecular flexibility index (Phi) is 4.22. The molecule has 4 rings (SSSR count). The van der Waals surface area contributed by atoms with E-state index >= 15 is 0 Å². The molecule has 0 radical (unpaired) electrons. The van der Waals surface area contributed by atoms with Crippen LogP contribution in [0.25, 0.3) is 10.9 Å². The highest BCUT2D eigenvalue weighted by Crippen LogP contribution is 2.25. The lowest BCUT2D eigenvalue weighted by molar-refractivity contribution is 0.0668. The van der Waals surface area contributed by atoms with Crippen molar-refractivity contribution in [1.82, 2.24) is 19.4 Å². The number of fused-ring (bicyclic) bond motifs is 1. The van der Waals surface area contributed by atoms with Gasteiger partial charge in [0.25, 0.3) is 5.91 Å². The van der Waals surface area contributed by atoms with Gasteiger partial charge in [-0.05, 0) is 36.8 Å². The van der Waals surface area contributed by atoms with Crippen molar-refractivity contribution in [3.8, 4) is 0 Å². The summed E-state index contributed by atoms with van der Waals surface area (Å²) in [5, 5.41) is 1.18. The molecule has 1 aliphatic heterocycles. The highest BCUT2D eigenvalue weighted by molar-refractivity contribution is 5.92. The maximum absolute atomic E-state index is 12.7. The van der Waals surface area contributed by atoms with Crippen molar-refractivity contribution >= 4 is 16.8 Å². The second-order valence-electron chi connectivity index (χ2n) is 6.88. The molecule has 2 aromatic heterocycles. The number of carbonyl (C=O) groups excluding carboxylic acids is 1. The minimum Gasteiger partial charge on any atom is -0.340 e. The molecule has 1 aromatic carbocycles. The lowest BCUT2D eigenvalue weighted by Gasteiger charge is -2.32. The molecule has 0 saturated carbocycles. The Morgan fingerprint density at radius 1 is 1.24 bits per heavy atom. The first-order valence-corrected chi connectivity index (χ1v) is 8.80. The van der Waals surface area contributed by atoms with Crippen LogP contribution in [0.4, 0.5) is 0 Å². The van der Waals surface area contributed by atoms with E-state index in [-0.39, 0.29) is 5.91 Å². The quantitative estimate of drug-likeness (QED) is 0.740. The highest BCUT2D eigenvalue weighted by Gasteiger charge is 2.26. The number of hydrogen-bond donors (Lipinski definition) is 0. The molecule has 0 N–H and O–H groups in total. The summed E-state index contributed by atoms with van der Waals surface area (Å²) in [6.07, 6.45) is 8.47. The molecule has 0 bridgehead atoms. The summed E-state index contributed by atoms with van der Waals surface area (Å²) in [6, 6.07) is 10.4. The molecule has 0 spiro atoms. The summed E-state index contributed by atoms with van der Waals surface area (Å²) in [7, 11) is 1.89. The highest BCUT2D eigenvalue weighted by atomic mass is 16.2. The van der Waals surface area contributed by atoms with E-state index in [1.165, 1.54) is 10.9 Å². The van der Waals surface area contributed by atoms with Gasteiger partial charge in [-0.25, -0.2) is 4.98 Å². The first kappa shape index (κ1) is 15.8. The summed E-state index contributed by atoms with van der Waals surface area (Å²) < 4.78 is 1.82. The van der Waals surface area contributed by atoms with Crippen molar-refractivity contribution in [3.05, 3.63) is 60.3 Å². The fraction of sp³-hybridized carbons (Fsp3) is 0.350. The van der Waals surface area contributed by atoms with Gasteiger partial charge in [0.2, 0.25) is 0 Å². The standard InChI is InChI=1S/C20H22N4O/c1-23-13-18(22-14-23)20(25)24-10-4-5-15(12-24)11-17-7-2-6-16-8-3-9-21-19(16)17/h2-3,6-9,13-15H,4-5,10-12H2,1H3. The van der Waals surface area contributed by atoms with Gasteiger partial charge in [0.1, 0.15) is 5.69 Å². The summed E-state index contributed by atoms with van der Waals surface area (Å²) in [4.78, 5) is 23.4. The Morgan fingerprint density at radius 3 is 2.96 bits per heavy atom. The minimum atomic E-state index is 0.0429. The number of likely N-dealkylation sites (tertiary alicyclic amines) is 1. The number of hydrogen-bond acceptors (Lipinski definition) is 3. The van der Waals surface area contributed by atoms with Gasteiger partial charge in [-0.15, -0.1) is 0 Å². The van der Waals surface area contributed by atoms with Crippen molar-refractivity contribution in [2.24, 2.45) is 13.0 Å². The number of piperidine rings is 1. The molecule has 1 aliphatic rings. The number of aromatic nitrogens is 3. The lowest BCUT2D eigenvalue weighted by Crippen LogP contribution is -2.40. The average Bonchev–Trinajstić information content (AvgIpc) is 3.08. The molecule has 1 amide bonds. The molecule has 0 aliphatic carbocycles. The number of pyridine rings is 1. The second-order valence-corrected chi connectivity index (χ2v) is 6.88. The van der Waals surface area contributed by atoms with Crippen LogP contribution in [0.2, 0.25) is 0 Å². The predicted octanol–water partition coefficient (Wildman–Crippen LogP) is 3.06. The summed E-state index contributed by atoms with van der Waals surface area (Å²) in [5.74, 6) is 0.510. The van der Waals surface area contributed by atoms with Crippen molar-refractivity contribution in [3.63, 3.8) is 0 Å². The van der Waals surface area contributed by atoms with E-state index < -0.39 is 0 Å². The number of para-hydroxylation sites is 1. The number of carbonyl (C=O) groups is 1. The molecule has 25 heavy (non-hydrogen) atoms.